The van der Waals surface area contributed by atoms with Gasteiger partial charge in [0.15, 0.2) is 0 Å². The second kappa shape index (κ2) is 15.6. The molecule has 0 radical (unpaired) electrons. The summed E-state index contributed by atoms with van der Waals surface area (Å²) in [6, 6.07) is -4.79. The van der Waals surface area contributed by atoms with E-state index in [2.05, 4.69) is 27.8 Å². The van der Waals surface area contributed by atoms with Crippen LogP contribution in [0.1, 0.15) is 95.4 Å². The summed E-state index contributed by atoms with van der Waals surface area (Å²) in [5, 5.41) is 11.1. The summed E-state index contributed by atoms with van der Waals surface area (Å²) < 4.78 is 0. The van der Waals surface area contributed by atoms with Gasteiger partial charge in [-0.15, -0.1) is 6.58 Å². The number of urea groups is 2. The number of Topliss-reactive ketones (excluding diaryl/α,β-unsaturated/α-hetero) is 1. The van der Waals surface area contributed by atoms with Crippen molar-refractivity contribution in [3.8, 4) is 0 Å². The van der Waals surface area contributed by atoms with Crippen molar-refractivity contribution in [2.45, 2.75) is 120 Å². The number of nitrogens with zero attached hydrogens (tertiary/aromatic N) is 3. The Morgan fingerprint density at radius 3 is 2.12 bits per heavy atom. The summed E-state index contributed by atoms with van der Waals surface area (Å²) in [7, 11) is 1.64. The quantitative estimate of drug-likeness (QED) is 0.157. The number of carbonyl (C=O) groups is 7. The monoisotopic (exact) mass is 729 g/mol. The number of nitrogens with one attached hydrogen (secondary N) is 4. The molecule has 14 nitrogen and oxygen atoms in total. The molecule has 4 N–H and O–H groups in total. The molecule has 3 fully saturated rings. The zero-order valence-corrected chi connectivity index (χ0v) is 33.4. The highest BCUT2D eigenvalue weighted by Crippen LogP contribution is 2.65. The van der Waals surface area contributed by atoms with Gasteiger partial charge < -0.3 is 31.1 Å². The summed E-state index contributed by atoms with van der Waals surface area (Å²) in [4.78, 5) is 98.6. The van der Waals surface area contributed by atoms with E-state index in [1.165, 1.54) is 20.8 Å². The molecule has 2 heterocycles. The van der Waals surface area contributed by atoms with Gasteiger partial charge in [0.25, 0.3) is 5.91 Å². The Morgan fingerprint density at radius 1 is 0.962 bits per heavy atom. The first kappa shape index (κ1) is 42.4. The Balaban J connectivity index is 1.85. The molecule has 3 aliphatic rings. The Hall–Kier alpha value is -3.97. The molecule has 1 unspecified atom stereocenters. The lowest BCUT2D eigenvalue weighted by atomic mass is 9.84. The maximum absolute atomic E-state index is 14.5. The van der Waals surface area contributed by atoms with Gasteiger partial charge in [0.05, 0.1) is 24.0 Å². The van der Waals surface area contributed by atoms with Crippen LogP contribution in [0.25, 0.3) is 0 Å². The zero-order valence-electron chi connectivity index (χ0n) is 33.4. The van der Waals surface area contributed by atoms with Crippen molar-refractivity contribution in [1.29, 1.82) is 0 Å². The maximum atomic E-state index is 14.5. The Labute approximate surface area is 309 Å². The van der Waals surface area contributed by atoms with Gasteiger partial charge in [-0.3, -0.25) is 28.9 Å². The molecular weight excluding hydrogens is 666 g/mol. The van der Waals surface area contributed by atoms with Gasteiger partial charge in [-0.25, -0.2) is 9.59 Å². The highest BCUT2D eigenvalue weighted by Gasteiger charge is 2.70. The lowest BCUT2D eigenvalue weighted by Crippen LogP contribution is -2.65. The van der Waals surface area contributed by atoms with E-state index in [-0.39, 0.29) is 49.2 Å². The van der Waals surface area contributed by atoms with E-state index in [0.717, 1.165) is 6.42 Å². The molecule has 6 atom stereocenters. The van der Waals surface area contributed by atoms with Crippen molar-refractivity contribution in [3.05, 3.63) is 12.7 Å². The van der Waals surface area contributed by atoms with Crippen LogP contribution < -0.4 is 21.3 Å². The topological polar surface area (TPSA) is 177 Å². The van der Waals surface area contributed by atoms with Gasteiger partial charge in [0.1, 0.15) is 12.1 Å². The first-order valence-corrected chi connectivity index (χ1v) is 18.5. The standard InChI is InChI=1S/C38H63N7O7/c1-14-16-17-23(27(46)30(48)39-18-15-2)40-29(47)26-25-22(38(25,11)12)19-44(26)31(49)28(36(6,7)8)42-33(51)41-24(35(3,4)5)20-45-32(50)37(9,10)21-43(13)34(45)52/h15,22-26,28H,2,14,16-21H2,1,3-13H3,(H,39,48)(H,40,47)(H2,41,42,51)/t22-,23?,24-,25-,26-,28+/m0/s1. The fraction of sp³-hybridized carbons (Fsp3) is 0.763. The Bertz CT molecular complexity index is 1440. The molecule has 0 aromatic carbocycles. The van der Waals surface area contributed by atoms with E-state index < -0.39 is 76.0 Å². The highest BCUT2D eigenvalue weighted by atomic mass is 16.2. The predicted molar refractivity (Wildman–Crippen MR) is 198 cm³/mol. The van der Waals surface area contributed by atoms with Crippen LogP contribution >= 0.6 is 0 Å². The third-order valence-corrected chi connectivity index (χ3v) is 11.0. The molecule has 0 spiro atoms. The van der Waals surface area contributed by atoms with Gasteiger partial charge in [-0.1, -0.05) is 81.2 Å². The van der Waals surface area contributed by atoms with E-state index in [9.17, 15) is 33.6 Å². The van der Waals surface area contributed by atoms with Crippen molar-refractivity contribution in [2.75, 3.05) is 33.2 Å². The zero-order chi connectivity index (χ0) is 39.7. The van der Waals surface area contributed by atoms with Crippen LogP contribution in [0.5, 0.6) is 0 Å². The van der Waals surface area contributed by atoms with Crippen molar-refractivity contribution >= 4 is 41.5 Å². The number of ketones is 1. The molecule has 2 aliphatic heterocycles. The molecular formula is C38H63N7O7. The predicted octanol–water partition coefficient (Wildman–Crippen LogP) is 3.06. The number of amides is 8. The number of likely N-dealkylation sites (tertiary alicyclic amines) is 1. The molecule has 0 aromatic heterocycles. The number of hydrogen-bond donors (Lipinski definition) is 4. The van der Waals surface area contributed by atoms with Crippen LogP contribution in [0.4, 0.5) is 9.59 Å². The van der Waals surface area contributed by atoms with Crippen molar-refractivity contribution in [1.82, 2.24) is 36.0 Å². The summed E-state index contributed by atoms with van der Waals surface area (Å²) in [6.07, 6.45) is 3.08. The number of unbranched alkanes of at least 4 members (excludes halogenated alkanes) is 1. The van der Waals surface area contributed by atoms with Crippen LogP contribution in [0.2, 0.25) is 0 Å². The number of fused-ring (bicyclic) bond motifs is 1. The number of rotatable bonds is 14. The smallest absolute Gasteiger partial charge is 0.326 e. The summed E-state index contributed by atoms with van der Waals surface area (Å²) in [5.41, 5.74) is -2.40. The third-order valence-electron chi connectivity index (χ3n) is 11.0. The van der Waals surface area contributed by atoms with E-state index in [1.807, 2.05) is 62.3 Å². The fourth-order valence-corrected chi connectivity index (χ4v) is 7.57. The third kappa shape index (κ3) is 9.14. The van der Waals surface area contributed by atoms with Crippen LogP contribution in [0, 0.1) is 33.5 Å². The van der Waals surface area contributed by atoms with Gasteiger partial charge in [0, 0.05) is 26.7 Å². The number of imide groups is 1. The van der Waals surface area contributed by atoms with E-state index in [0.29, 0.717) is 13.0 Å². The summed E-state index contributed by atoms with van der Waals surface area (Å²) in [5.74, 6) is -2.98. The largest absolute Gasteiger partial charge is 0.346 e. The number of hydrogen-bond acceptors (Lipinski definition) is 7. The van der Waals surface area contributed by atoms with E-state index >= 15 is 0 Å². The molecule has 14 heteroatoms. The van der Waals surface area contributed by atoms with Crippen molar-refractivity contribution < 1.29 is 33.6 Å². The molecule has 52 heavy (non-hydrogen) atoms. The SMILES string of the molecule is C=CCNC(=O)C(=O)C(CCCC)NC(=O)[C@@H]1[C@@H]2[C@H](CN1C(=O)[C@@H](NC(=O)N[C@@H](CN1C(=O)N(C)CC(C)(C)C1=O)C(C)(C)C)C(C)(C)C)C2(C)C. The maximum Gasteiger partial charge on any atom is 0.326 e. The van der Waals surface area contributed by atoms with Crippen molar-refractivity contribution in [2.24, 2.45) is 33.5 Å². The normalized spacial score (nSPS) is 23.9. The minimum absolute atomic E-state index is 0.0367. The molecule has 0 bridgehead atoms. The fourth-order valence-electron chi connectivity index (χ4n) is 7.57. The molecule has 2 saturated heterocycles. The molecule has 3 rings (SSSR count). The molecule has 8 amide bonds. The lowest BCUT2D eigenvalue weighted by Gasteiger charge is -2.44. The van der Waals surface area contributed by atoms with Gasteiger partial charge in [-0.05, 0) is 48.3 Å². The molecule has 1 aliphatic carbocycles. The Kier molecular flexibility index (Phi) is 12.7. The molecule has 1 saturated carbocycles. The number of piperidine rings is 1. The lowest BCUT2D eigenvalue weighted by molar-refractivity contribution is -0.145. The van der Waals surface area contributed by atoms with Crippen LogP contribution in [0.15, 0.2) is 12.7 Å². The summed E-state index contributed by atoms with van der Waals surface area (Å²) >= 11 is 0. The summed E-state index contributed by atoms with van der Waals surface area (Å²) in [6.45, 7) is 24.9. The second-order valence-corrected chi connectivity index (χ2v) is 18.2. The second-order valence-electron chi connectivity index (χ2n) is 18.2. The van der Waals surface area contributed by atoms with Crippen LogP contribution in [-0.4, -0.2) is 114 Å². The van der Waals surface area contributed by atoms with Crippen molar-refractivity contribution in [3.63, 3.8) is 0 Å². The Morgan fingerprint density at radius 2 is 1.58 bits per heavy atom. The first-order valence-electron chi connectivity index (χ1n) is 18.5. The van der Waals surface area contributed by atoms with Crippen LogP contribution in [0.3, 0.4) is 0 Å². The minimum atomic E-state index is -1.06. The van der Waals surface area contributed by atoms with E-state index in [4.69, 9.17) is 0 Å². The first-order chi connectivity index (χ1) is 23.8. The highest BCUT2D eigenvalue weighted by molar-refractivity contribution is 6.38. The molecule has 292 valence electrons. The number of carbonyl (C=O) groups excluding carboxylic acids is 7. The van der Waals surface area contributed by atoms with Gasteiger partial charge >= 0.3 is 12.1 Å². The molecule has 0 aromatic rings. The van der Waals surface area contributed by atoms with E-state index in [1.54, 1.807) is 20.9 Å². The van der Waals surface area contributed by atoms with Gasteiger partial charge in [0.2, 0.25) is 23.5 Å². The average Bonchev–Trinajstić information content (AvgIpc) is 3.33. The average molecular weight is 730 g/mol. The van der Waals surface area contributed by atoms with Crippen LogP contribution in [-0.2, 0) is 24.0 Å². The van der Waals surface area contributed by atoms with Gasteiger partial charge in [-0.2, -0.15) is 0 Å². The minimum Gasteiger partial charge on any atom is -0.346 e.